The summed E-state index contributed by atoms with van der Waals surface area (Å²) >= 11 is 0. The lowest BCUT2D eigenvalue weighted by Crippen LogP contribution is -2.23. The van der Waals surface area contributed by atoms with Crippen LogP contribution in [0, 0.1) is 17.8 Å². The first-order chi connectivity index (χ1) is 14.0. The highest BCUT2D eigenvalue weighted by Gasteiger charge is 2.30. The second-order valence-electron chi connectivity index (χ2n) is 9.37. The molecule has 1 unspecified atom stereocenters. The standard InChI is InChI=1S/C26H37F3/c1-2-3-4-5-20-8-14-23(15-9-20)24-16-10-21(11-17-24)6-7-22-12-18-25(19-13-22)26(27,28)29/h10,12-13,18-20,23-24H,2-9,11,14-17H2,1H3. The summed E-state index contributed by atoms with van der Waals surface area (Å²) in [6.45, 7) is 2.28. The van der Waals surface area contributed by atoms with Crippen molar-refractivity contribution >= 4 is 0 Å². The molecule has 1 aromatic carbocycles. The lowest BCUT2D eigenvalue weighted by molar-refractivity contribution is -0.137. The number of hydrogen-bond donors (Lipinski definition) is 0. The van der Waals surface area contributed by atoms with Crippen LogP contribution in [0.1, 0.15) is 95.1 Å². The second-order valence-corrected chi connectivity index (χ2v) is 9.37. The highest BCUT2D eigenvalue weighted by atomic mass is 19.4. The molecule has 1 fully saturated rings. The fourth-order valence-electron chi connectivity index (χ4n) is 5.36. The zero-order valence-corrected chi connectivity index (χ0v) is 17.9. The highest BCUT2D eigenvalue weighted by Crippen LogP contribution is 2.41. The van der Waals surface area contributed by atoms with Crippen LogP contribution in [0.4, 0.5) is 13.2 Å². The molecule has 0 amide bonds. The molecular weight excluding hydrogens is 369 g/mol. The van der Waals surface area contributed by atoms with Crippen LogP contribution < -0.4 is 0 Å². The second kappa shape index (κ2) is 10.7. The topological polar surface area (TPSA) is 0 Å². The minimum atomic E-state index is -4.24. The van der Waals surface area contributed by atoms with Gasteiger partial charge in [0, 0.05) is 0 Å². The summed E-state index contributed by atoms with van der Waals surface area (Å²) in [5, 5.41) is 0. The van der Waals surface area contributed by atoms with Crippen molar-refractivity contribution in [3.63, 3.8) is 0 Å². The molecule has 0 nitrogen and oxygen atoms in total. The van der Waals surface area contributed by atoms with Gasteiger partial charge in [-0.3, -0.25) is 0 Å². The van der Waals surface area contributed by atoms with E-state index in [-0.39, 0.29) is 0 Å². The molecule has 0 saturated heterocycles. The van der Waals surface area contributed by atoms with Crippen molar-refractivity contribution in [2.75, 3.05) is 0 Å². The Morgan fingerprint density at radius 2 is 1.59 bits per heavy atom. The number of allylic oxidation sites excluding steroid dienone is 2. The molecule has 0 heterocycles. The van der Waals surface area contributed by atoms with Crippen molar-refractivity contribution in [1.82, 2.24) is 0 Å². The van der Waals surface area contributed by atoms with Gasteiger partial charge in [-0.05, 0) is 80.4 Å². The van der Waals surface area contributed by atoms with Crippen LogP contribution in [0.5, 0.6) is 0 Å². The largest absolute Gasteiger partial charge is 0.416 e. The van der Waals surface area contributed by atoms with E-state index >= 15 is 0 Å². The summed E-state index contributed by atoms with van der Waals surface area (Å²) in [4.78, 5) is 0. The van der Waals surface area contributed by atoms with Crippen molar-refractivity contribution in [2.24, 2.45) is 17.8 Å². The minimum Gasteiger partial charge on any atom is -0.166 e. The predicted octanol–water partition coefficient (Wildman–Crippen LogP) is 8.75. The van der Waals surface area contributed by atoms with Crippen molar-refractivity contribution in [3.8, 4) is 0 Å². The Labute approximate surface area is 175 Å². The van der Waals surface area contributed by atoms with Crippen LogP contribution >= 0.6 is 0 Å². The average molecular weight is 407 g/mol. The van der Waals surface area contributed by atoms with Crippen LogP contribution in [0.2, 0.25) is 0 Å². The molecule has 2 aliphatic carbocycles. The zero-order valence-electron chi connectivity index (χ0n) is 17.9. The molecule has 0 spiro atoms. The Morgan fingerprint density at radius 3 is 2.17 bits per heavy atom. The molecule has 0 radical (unpaired) electrons. The molecule has 0 aromatic heterocycles. The van der Waals surface area contributed by atoms with Gasteiger partial charge in [-0.25, -0.2) is 0 Å². The molecule has 3 rings (SSSR count). The van der Waals surface area contributed by atoms with E-state index in [1.54, 1.807) is 12.1 Å². The molecular formula is C26H37F3. The molecule has 0 bridgehead atoms. The number of halogens is 3. The summed E-state index contributed by atoms with van der Waals surface area (Å²) < 4.78 is 38.0. The Hall–Kier alpha value is -1.25. The van der Waals surface area contributed by atoms with E-state index < -0.39 is 11.7 Å². The van der Waals surface area contributed by atoms with Gasteiger partial charge in [0.2, 0.25) is 0 Å². The maximum atomic E-state index is 12.7. The van der Waals surface area contributed by atoms with Gasteiger partial charge in [-0.1, -0.05) is 69.2 Å². The summed E-state index contributed by atoms with van der Waals surface area (Å²) in [5.41, 5.74) is 1.96. The molecule has 1 atom stereocenters. The minimum absolute atomic E-state index is 0.555. The third kappa shape index (κ3) is 6.89. The monoisotopic (exact) mass is 406 g/mol. The van der Waals surface area contributed by atoms with Crippen molar-refractivity contribution < 1.29 is 13.2 Å². The van der Waals surface area contributed by atoms with Gasteiger partial charge < -0.3 is 0 Å². The van der Waals surface area contributed by atoms with Gasteiger partial charge in [0.25, 0.3) is 0 Å². The van der Waals surface area contributed by atoms with Gasteiger partial charge in [0.1, 0.15) is 0 Å². The number of benzene rings is 1. The predicted molar refractivity (Wildman–Crippen MR) is 115 cm³/mol. The Morgan fingerprint density at radius 1 is 0.862 bits per heavy atom. The summed E-state index contributed by atoms with van der Waals surface area (Å²) in [5.74, 6) is 2.77. The van der Waals surface area contributed by atoms with E-state index in [0.717, 1.165) is 36.2 Å². The Kier molecular flexibility index (Phi) is 8.26. The molecule has 162 valence electrons. The van der Waals surface area contributed by atoms with Crippen LogP contribution in [0.25, 0.3) is 0 Å². The van der Waals surface area contributed by atoms with Gasteiger partial charge in [-0.2, -0.15) is 13.2 Å². The number of alkyl halides is 3. The highest BCUT2D eigenvalue weighted by molar-refractivity contribution is 5.25. The molecule has 2 aliphatic rings. The van der Waals surface area contributed by atoms with E-state index in [2.05, 4.69) is 13.0 Å². The Bertz CT molecular complexity index is 633. The van der Waals surface area contributed by atoms with Crippen LogP contribution in [-0.4, -0.2) is 0 Å². The maximum Gasteiger partial charge on any atom is 0.416 e. The lowest BCUT2D eigenvalue weighted by Gasteiger charge is -2.35. The fourth-order valence-corrected chi connectivity index (χ4v) is 5.36. The molecule has 1 aromatic rings. The first-order valence-electron chi connectivity index (χ1n) is 11.8. The Balaban J connectivity index is 1.39. The first kappa shape index (κ1) is 22.4. The van der Waals surface area contributed by atoms with Gasteiger partial charge in [0.05, 0.1) is 5.56 Å². The number of hydrogen-bond acceptors (Lipinski definition) is 0. The molecule has 3 heteroatoms. The SMILES string of the molecule is CCCCCC1CCC(C2CC=C(CCc3ccc(C(F)(F)F)cc3)CC2)CC1. The lowest BCUT2D eigenvalue weighted by atomic mass is 9.70. The van der Waals surface area contributed by atoms with Gasteiger partial charge >= 0.3 is 6.18 Å². The van der Waals surface area contributed by atoms with Crippen molar-refractivity contribution in [1.29, 1.82) is 0 Å². The molecule has 0 aliphatic heterocycles. The smallest absolute Gasteiger partial charge is 0.166 e. The third-order valence-electron chi connectivity index (χ3n) is 7.34. The zero-order chi connectivity index (χ0) is 20.7. The van der Waals surface area contributed by atoms with E-state index in [1.165, 1.54) is 88.3 Å². The number of rotatable bonds is 8. The van der Waals surface area contributed by atoms with Crippen LogP contribution in [-0.2, 0) is 12.6 Å². The number of aryl methyl sites for hydroxylation is 1. The average Bonchev–Trinajstić information content (AvgIpc) is 2.73. The van der Waals surface area contributed by atoms with E-state index in [1.807, 2.05) is 0 Å². The van der Waals surface area contributed by atoms with Gasteiger partial charge in [0.15, 0.2) is 0 Å². The van der Waals surface area contributed by atoms with E-state index in [9.17, 15) is 13.2 Å². The maximum absolute atomic E-state index is 12.7. The van der Waals surface area contributed by atoms with E-state index in [4.69, 9.17) is 0 Å². The summed E-state index contributed by atoms with van der Waals surface area (Å²) in [7, 11) is 0. The summed E-state index contributed by atoms with van der Waals surface area (Å²) in [6, 6.07) is 5.68. The summed E-state index contributed by atoms with van der Waals surface area (Å²) in [6.07, 6.45) is 15.1. The number of unbranched alkanes of at least 4 members (excludes halogenated alkanes) is 2. The molecule has 1 saturated carbocycles. The normalized spacial score (nSPS) is 25.7. The van der Waals surface area contributed by atoms with Crippen molar-refractivity contribution in [3.05, 3.63) is 47.0 Å². The van der Waals surface area contributed by atoms with Crippen molar-refractivity contribution in [2.45, 2.75) is 96.6 Å². The van der Waals surface area contributed by atoms with E-state index in [0.29, 0.717) is 0 Å². The van der Waals surface area contributed by atoms with Crippen LogP contribution in [0.15, 0.2) is 35.9 Å². The molecule has 29 heavy (non-hydrogen) atoms. The first-order valence-corrected chi connectivity index (χ1v) is 11.8. The quantitative estimate of drug-likeness (QED) is 0.299. The fraction of sp³-hybridized carbons (Fsp3) is 0.692. The molecule has 0 N–H and O–H groups in total. The van der Waals surface area contributed by atoms with Gasteiger partial charge in [-0.15, -0.1) is 0 Å². The van der Waals surface area contributed by atoms with Crippen LogP contribution in [0.3, 0.4) is 0 Å². The third-order valence-corrected chi connectivity index (χ3v) is 7.34.